The van der Waals surface area contributed by atoms with E-state index >= 15 is 0 Å². The van der Waals surface area contributed by atoms with Crippen LogP contribution in [0.15, 0.2) is 12.3 Å². The molecule has 7 nitrogen and oxygen atoms in total. The zero-order chi connectivity index (χ0) is 16.6. The SMILES string of the molecule is Cc1nn(C)c(C)c1-c1ccnc(NCC2CC(=O)N(C)C2)n1. The number of nitrogens with zero attached hydrogens (tertiary/aromatic N) is 5. The van der Waals surface area contributed by atoms with Crippen LogP contribution in [0.4, 0.5) is 5.95 Å². The van der Waals surface area contributed by atoms with Crippen LogP contribution in [-0.4, -0.2) is 50.7 Å². The van der Waals surface area contributed by atoms with Crippen LogP contribution in [-0.2, 0) is 11.8 Å². The second-order valence-electron chi connectivity index (χ2n) is 6.16. The largest absolute Gasteiger partial charge is 0.354 e. The van der Waals surface area contributed by atoms with E-state index in [2.05, 4.69) is 20.4 Å². The van der Waals surface area contributed by atoms with E-state index in [0.717, 1.165) is 29.2 Å². The number of anilines is 1. The molecule has 1 N–H and O–H groups in total. The molecular formula is C16H22N6O. The summed E-state index contributed by atoms with van der Waals surface area (Å²) >= 11 is 0. The molecule has 2 aromatic rings. The van der Waals surface area contributed by atoms with Gasteiger partial charge in [-0.2, -0.15) is 5.10 Å². The maximum absolute atomic E-state index is 11.6. The number of hydrogen-bond donors (Lipinski definition) is 1. The molecule has 1 amide bonds. The maximum atomic E-state index is 11.6. The van der Waals surface area contributed by atoms with E-state index in [1.54, 1.807) is 11.1 Å². The summed E-state index contributed by atoms with van der Waals surface area (Å²) in [5.41, 5.74) is 3.95. The molecule has 1 aliphatic rings. The first-order valence-corrected chi connectivity index (χ1v) is 7.77. The zero-order valence-electron chi connectivity index (χ0n) is 14.0. The molecule has 0 spiro atoms. The Morgan fingerprint density at radius 1 is 1.35 bits per heavy atom. The summed E-state index contributed by atoms with van der Waals surface area (Å²) < 4.78 is 1.86. The van der Waals surface area contributed by atoms with E-state index in [1.165, 1.54) is 0 Å². The Balaban J connectivity index is 1.74. The number of carbonyl (C=O) groups is 1. The van der Waals surface area contributed by atoms with Crippen molar-refractivity contribution in [2.45, 2.75) is 20.3 Å². The molecule has 1 fully saturated rings. The fourth-order valence-electron chi connectivity index (χ4n) is 3.06. The van der Waals surface area contributed by atoms with E-state index in [9.17, 15) is 4.79 Å². The molecule has 3 heterocycles. The molecule has 0 saturated carbocycles. The predicted molar refractivity (Wildman–Crippen MR) is 87.9 cm³/mol. The monoisotopic (exact) mass is 314 g/mol. The Bertz CT molecular complexity index is 738. The van der Waals surface area contributed by atoms with E-state index in [-0.39, 0.29) is 5.91 Å². The Labute approximate surface area is 135 Å². The number of aromatic nitrogens is 4. The second-order valence-corrected chi connectivity index (χ2v) is 6.16. The van der Waals surface area contributed by atoms with Crippen LogP contribution in [0.3, 0.4) is 0 Å². The second kappa shape index (κ2) is 5.98. The minimum Gasteiger partial charge on any atom is -0.354 e. The van der Waals surface area contributed by atoms with E-state index in [0.29, 0.717) is 24.8 Å². The first kappa shape index (κ1) is 15.5. The van der Waals surface area contributed by atoms with Crippen molar-refractivity contribution in [2.75, 3.05) is 25.5 Å². The van der Waals surface area contributed by atoms with Gasteiger partial charge < -0.3 is 10.2 Å². The molecule has 0 aliphatic carbocycles. The molecule has 0 radical (unpaired) electrons. The number of hydrogen-bond acceptors (Lipinski definition) is 5. The third kappa shape index (κ3) is 3.04. The Morgan fingerprint density at radius 2 is 2.13 bits per heavy atom. The molecule has 122 valence electrons. The van der Waals surface area contributed by atoms with Crippen LogP contribution >= 0.6 is 0 Å². The van der Waals surface area contributed by atoms with Gasteiger partial charge in [0.25, 0.3) is 0 Å². The normalized spacial score (nSPS) is 17.8. The van der Waals surface area contributed by atoms with E-state index < -0.39 is 0 Å². The summed E-state index contributed by atoms with van der Waals surface area (Å²) in [5.74, 6) is 1.10. The van der Waals surface area contributed by atoms with Crippen molar-refractivity contribution in [3.63, 3.8) is 0 Å². The van der Waals surface area contributed by atoms with Crippen LogP contribution in [0.5, 0.6) is 0 Å². The number of likely N-dealkylation sites (tertiary alicyclic amines) is 1. The Morgan fingerprint density at radius 3 is 2.74 bits per heavy atom. The molecule has 1 atom stereocenters. The van der Waals surface area contributed by atoms with Gasteiger partial charge in [-0.3, -0.25) is 9.48 Å². The lowest BCUT2D eigenvalue weighted by atomic mass is 10.1. The first-order chi connectivity index (χ1) is 11.0. The van der Waals surface area contributed by atoms with Crippen molar-refractivity contribution >= 4 is 11.9 Å². The first-order valence-electron chi connectivity index (χ1n) is 7.77. The number of amides is 1. The van der Waals surface area contributed by atoms with Crippen molar-refractivity contribution < 1.29 is 4.79 Å². The standard InChI is InChI=1S/C16H22N6O/c1-10-15(11(2)22(4)20-10)13-5-6-17-16(19-13)18-8-12-7-14(23)21(3)9-12/h5-6,12H,7-9H2,1-4H3,(H,17,18,19). The molecule has 2 aromatic heterocycles. The molecule has 1 unspecified atom stereocenters. The molecule has 7 heteroatoms. The van der Waals surface area contributed by atoms with Crippen molar-refractivity contribution in [3.8, 4) is 11.3 Å². The summed E-state index contributed by atoms with van der Waals surface area (Å²) in [7, 11) is 3.77. The highest BCUT2D eigenvalue weighted by Gasteiger charge is 2.26. The third-order valence-electron chi connectivity index (χ3n) is 4.39. The van der Waals surface area contributed by atoms with Gasteiger partial charge in [0.05, 0.1) is 11.4 Å². The average molecular weight is 314 g/mol. The van der Waals surface area contributed by atoms with Gasteiger partial charge in [-0.05, 0) is 19.9 Å². The number of rotatable bonds is 4. The van der Waals surface area contributed by atoms with Crippen molar-refractivity contribution in [3.05, 3.63) is 23.7 Å². The minimum absolute atomic E-state index is 0.202. The lowest BCUT2D eigenvalue weighted by molar-refractivity contribution is -0.126. The summed E-state index contributed by atoms with van der Waals surface area (Å²) in [6.07, 6.45) is 2.34. The number of aryl methyl sites for hydroxylation is 2. The topological polar surface area (TPSA) is 75.9 Å². The van der Waals surface area contributed by atoms with Crippen molar-refractivity contribution in [2.24, 2.45) is 13.0 Å². The van der Waals surface area contributed by atoms with Crippen molar-refractivity contribution in [1.29, 1.82) is 0 Å². The van der Waals surface area contributed by atoms with E-state index in [4.69, 9.17) is 0 Å². The van der Waals surface area contributed by atoms with Gasteiger partial charge >= 0.3 is 0 Å². The molecule has 0 bridgehead atoms. The molecule has 1 aliphatic heterocycles. The molecular weight excluding hydrogens is 292 g/mol. The summed E-state index contributed by atoms with van der Waals surface area (Å²) in [4.78, 5) is 22.2. The lowest BCUT2D eigenvalue weighted by Crippen LogP contribution is -2.21. The zero-order valence-corrected chi connectivity index (χ0v) is 14.0. The maximum Gasteiger partial charge on any atom is 0.223 e. The summed E-state index contributed by atoms with van der Waals surface area (Å²) in [6.45, 7) is 5.50. The minimum atomic E-state index is 0.202. The highest BCUT2D eigenvalue weighted by molar-refractivity contribution is 5.78. The molecule has 1 saturated heterocycles. The highest BCUT2D eigenvalue weighted by atomic mass is 16.2. The Kier molecular flexibility index (Phi) is 4.02. The van der Waals surface area contributed by atoms with Crippen LogP contribution in [0.1, 0.15) is 17.8 Å². The van der Waals surface area contributed by atoms with Crippen molar-refractivity contribution in [1.82, 2.24) is 24.6 Å². The molecule has 23 heavy (non-hydrogen) atoms. The summed E-state index contributed by atoms with van der Waals surface area (Å²) in [5, 5.41) is 7.69. The van der Waals surface area contributed by atoms with Gasteiger partial charge in [-0.15, -0.1) is 0 Å². The van der Waals surface area contributed by atoms with Gasteiger partial charge in [0.15, 0.2) is 0 Å². The van der Waals surface area contributed by atoms with Crippen LogP contribution in [0, 0.1) is 19.8 Å². The highest BCUT2D eigenvalue weighted by Crippen LogP contribution is 2.25. The molecule has 3 rings (SSSR count). The van der Waals surface area contributed by atoms with Crippen LogP contribution in [0.25, 0.3) is 11.3 Å². The fourth-order valence-corrected chi connectivity index (χ4v) is 3.06. The van der Waals surface area contributed by atoms with Gasteiger partial charge in [0.2, 0.25) is 11.9 Å². The predicted octanol–water partition coefficient (Wildman–Crippen LogP) is 1.38. The third-order valence-corrected chi connectivity index (χ3v) is 4.39. The van der Waals surface area contributed by atoms with Crippen LogP contribution < -0.4 is 5.32 Å². The average Bonchev–Trinajstić information content (AvgIpc) is 2.96. The lowest BCUT2D eigenvalue weighted by Gasteiger charge is -2.11. The number of nitrogens with one attached hydrogen (secondary N) is 1. The van der Waals surface area contributed by atoms with E-state index in [1.807, 2.05) is 38.7 Å². The van der Waals surface area contributed by atoms with Crippen LogP contribution in [0.2, 0.25) is 0 Å². The quantitative estimate of drug-likeness (QED) is 0.923. The molecule has 0 aromatic carbocycles. The van der Waals surface area contributed by atoms with Gasteiger partial charge in [0, 0.05) is 57.0 Å². The fraction of sp³-hybridized carbons (Fsp3) is 0.500. The van der Waals surface area contributed by atoms with Gasteiger partial charge in [0.1, 0.15) is 0 Å². The smallest absolute Gasteiger partial charge is 0.223 e. The summed E-state index contributed by atoms with van der Waals surface area (Å²) in [6, 6.07) is 1.90. The number of carbonyl (C=O) groups excluding carboxylic acids is 1. The van der Waals surface area contributed by atoms with Gasteiger partial charge in [-0.25, -0.2) is 9.97 Å². The van der Waals surface area contributed by atoms with Gasteiger partial charge in [-0.1, -0.05) is 0 Å². The Hall–Kier alpha value is -2.44.